The van der Waals surface area contributed by atoms with E-state index in [0.717, 1.165) is 36.0 Å². The normalized spacial score (nSPS) is 21.4. The number of rotatable bonds is 5. The van der Waals surface area contributed by atoms with Crippen molar-refractivity contribution in [3.8, 4) is 22.3 Å². The van der Waals surface area contributed by atoms with Crippen LogP contribution < -0.4 is 0 Å². The standard InChI is InChI=1S/C36H33NO3/c38-35(26-13-8-12-25(20-26)24-10-2-1-3-11-24)27-21-28-14-9-15-29(22-27)37(28)36(39)40-23-34-32-18-6-4-16-30(32)31-17-5-7-19-33(31)34/h1-8,10-13,16-20,27-29,34H,9,14-15,21-23H2. The van der Waals surface area contributed by atoms with Crippen LogP contribution in [0.4, 0.5) is 4.79 Å². The Bertz CT molecular complexity index is 1500. The first-order valence-electron chi connectivity index (χ1n) is 14.5. The van der Waals surface area contributed by atoms with Crippen molar-refractivity contribution in [1.82, 2.24) is 4.90 Å². The highest BCUT2D eigenvalue weighted by Gasteiger charge is 2.44. The Morgan fingerprint density at radius 1 is 0.700 bits per heavy atom. The highest BCUT2D eigenvalue weighted by atomic mass is 16.6. The van der Waals surface area contributed by atoms with Crippen molar-refractivity contribution in [3.05, 3.63) is 120 Å². The highest BCUT2D eigenvalue weighted by Crippen LogP contribution is 2.45. The van der Waals surface area contributed by atoms with Crippen LogP contribution in [0.2, 0.25) is 0 Å². The molecule has 0 saturated carbocycles. The SMILES string of the molecule is O=C(c1cccc(-c2ccccc2)c1)C1CC2CCCC(C1)N2C(=O)OCC1c2ccccc2-c2ccccc21. The molecular weight excluding hydrogens is 494 g/mol. The molecule has 0 radical (unpaired) electrons. The van der Waals surface area contributed by atoms with Crippen LogP contribution >= 0.6 is 0 Å². The zero-order chi connectivity index (χ0) is 27.1. The van der Waals surface area contributed by atoms with Crippen LogP contribution in [0.1, 0.15) is 59.5 Å². The summed E-state index contributed by atoms with van der Waals surface area (Å²) in [5, 5.41) is 0. The quantitative estimate of drug-likeness (QED) is 0.246. The number of amides is 1. The predicted octanol–water partition coefficient (Wildman–Crippen LogP) is 8.12. The van der Waals surface area contributed by atoms with Crippen molar-refractivity contribution in [2.24, 2.45) is 5.92 Å². The summed E-state index contributed by atoms with van der Waals surface area (Å²) in [6, 6.07) is 35.1. The van der Waals surface area contributed by atoms with Crippen molar-refractivity contribution in [3.63, 3.8) is 0 Å². The number of carbonyl (C=O) groups is 2. The molecule has 0 N–H and O–H groups in total. The minimum Gasteiger partial charge on any atom is -0.448 e. The minimum absolute atomic E-state index is 0.0483. The summed E-state index contributed by atoms with van der Waals surface area (Å²) in [5.74, 6) is 0.174. The summed E-state index contributed by atoms with van der Waals surface area (Å²) >= 11 is 0. The van der Waals surface area contributed by atoms with Crippen molar-refractivity contribution in [1.29, 1.82) is 0 Å². The number of Topliss-reactive ketones (excluding diaryl/α,β-unsaturated/α-hetero) is 1. The average molecular weight is 528 g/mol. The molecule has 4 aromatic carbocycles. The molecule has 7 rings (SSSR count). The van der Waals surface area contributed by atoms with Crippen molar-refractivity contribution in [2.45, 2.75) is 50.1 Å². The molecule has 2 saturated heterocycles. The first kappa shape index (κ1) is 24.8. The molecule has 2 aliphatic heterocycles. The summed E-state index contributed by atoms with van der Waals surface area (Å²) in [4.78, 5) is 29.2. The van der Waals surface area contributed by atoms with Crippen LogP contribution in [0.3, 0.4) is 0 Å². The molecule has 0 aromatic heterocycles. The molecule has 1 amide bonds. The largest absolute Gasteiger partial charge is 0.448 e. The lowest BCUT2D eigenvalue weighted by Gasteiger charge is -2.47. The van der Waals surface area contributed by atoms with Crippen LogP contribution in [0.25, 0.3) is 22.3 Å². The van der Waals surface area contributed by atoms with E-state index in [1.807, 2.05) is 41.3 Å². The van der Waals surface area contributed by atoms with Gasteiger partial charge in [0.2, 0.25) is 0 Å². The van der Waals surface area contributed by atoms with E-state index in [1.165, 1.54) is 22.3 Å². The van der Waals surface area contributed by atoms with Crippen LogP contribution in [0.15, 0.2) is 103 Å². The Morgan fingerprint density at radius 2 is 1.30 bits per heavy atom. The molecule has 4 nitrogen and oxygen atoms in total. The van der Waals surface area contributed by atoms with Gasteiger partial charge < -0.3 is 9.64 Å². The smallest absolute Gasteiger partial charge is 0.410 e. The molecule has 2 heterocycles. The number of carbonyl (C=O) groups excluding carboxylic acids is 2. The summed E-state index contributed by atoms with van der Waals surface area (Å²) in [6.07, 6.45) is 4.12. The van der Waals surface area contributed by atoms with Gasteiger partial charge >= 0.3 is 6.09 Å². The number of ketones is 1. The van der Waals surface area contributed by atoms with Crippen LogP contribution in [0.5, 0.6) is 0 Å². The lowest BCUT2D eigenvalue weighted by molar-refractivity contribution is 0.00651. The summed E-state index contributed by atoms with van der Waals surface area (Å²) < 4.78 is 6.06. The van der Waals surface area contributed by atoms with Gasteiger partial charge in [-0.15, -0.1) is 0 Å². The lowest BCUT2D eigenvalue weighted by Crippen LogP contribution is -2.55. The van der Waals surface area contributed by atoms with E-state index in [0.29, 0.717) is 19.4 Å². The number of ether oxygens (including phenoxy) is 1. The first-order chi connectivity index (χ1) is 19.7. The summed E-state index contributed by atoms with van der Waals surface area (Å²) in [6.45, 7) is 0.331. The number of piperidine rings is 2. The van der Waals surface area contributed by atoms with Gasteiger partial charge in [0.25, 0.3) is 0 Å². The minimum atomic E-state index is -0.228. The number of benzene rings is 4. The fourth-order valence-electron chi connectivity index (χ4n) is 7.28. The van der Waals surface area contributed by atoms with Crippen LogP contribution in [0, 0.1) is 5.92 Å². The third-order valence-corrected chi connectivity index (χ3v) is 9.15. The maximum Gasteiger partial charge on any atom is 0.410 e. The van der Waals surface area contributed by atoms with Gasteiger partial charge in [-0.3, -0.25) is 4.79 Å². The van der Waals surface area contributed by atoms with E-state index >= 15 is 0 Å². The summed E-state index contributed by atoms with van der Waals surface area (Å²) in [5.41, 5.74) is 7.83. The Balaban J connectivity index is 1.05. The molecule has 2 fully saturated rings. The molecule has 40 heavy (non-hydrogen) atoms. The lowest BCUT2D eigenvalue weighted by atomic mass is 9.75. The molecule has 1 aliphatic carbocycles. The molecular formula is C36H33NO3. The van der Waals surface area contributed by atoms with E-state index in [9.17, 15) is 9.59 Å². The second-order valence-corrected chi connectivity index (χ2v) is 11.4. The van der Waals surface area contributed by atoms with Gasteiger partial charge in [-0.1, -0.05) is 97.1 Å². The Morgan fingerprint density at radius 3 is 1.98 bits per heavy atom. The number of hydrogen-bond donors (Lipinski definition) is 0. The van der Waals surface area contributed by atoms with E-state index in [-0.39, 0.29) is 35.8 Å². The van der Waals surface area contributed by atoms with Gasteiger partial charge in [0.15, 0.2) is 5.78 Å². The maximum absolute atomic E-state index is 13.7. The second-order valence-electron chi connectivity index (χ2n) is 11.4. The van der Waals surface area contributed by atoms with Gasteiger partial charge in [-0.25, -0.2) is 4.79 Å². The topological polar surface area (TPSA) is 46.6 Å². The molecule has 2 bridgehead atoms. The third-order valence-electron chi connectivity index (χ3n) is 9.15. The van der Waals surface area contributed by atoms with E-state index in [1.54, 1.807) is 0 Å². The van der Waals surface area contributed by atoms with E-state index in [4.69, 9.17) is 4.74 Å². The predicted molar refractivity (Wildman–Crippen MR) is 157 cm³/mol. The Kier molecular flexibility index (Phi) is 6.47. The van der Waals surface area contributed by atoms with Gasteiger partial charge in [0.05, 0.1) is 0 Å². The zero-order valence-corrected chi connectivity index (χ0v) is 22.5. The number of fused-ring (bicyclic) bond motifs is 5. The second kappa shape index (κ2) is 10.4. The molecule has 2 atom stereocenters. The Labute approximate surface area is 235 Å². The number of hydrogen-bond acceptors (Lipinski definition) is 3. The monoisotopic (exact) mass is 527 g/mol. The maximum atomic E-state index is 13.7. The van der Waals surface area contributed by atoms with Gasteiger partial charge in [0.1, 0.15) is 6.61 Å². The fraction of sp³-hybridized carbons (Fsp3) is 0.278. The van der Waals surface area contributed by atoms with Crippen molar-refractivity contribution in [2.75, 3.05) is 6.61 Å². The molecule has 4 heteroatoms. The van der Waals surface area contributed by atoms with E-state index in [2.05, 4.69) is 66.7 Å². The third kappa shape index (κ3) is 4.42. The van der Waals surface area contributed by atoms with Gasteiger partial charge in [-0.2, -0.15) is 0 Å². The molecule has 0 spiro atoms. The molecule has 2 unspecified atom stereocenters. The zero-order valence-electron chi connectivity index (χ0n) is 22.5. The first-order valence-corrected chi connectivity index (χ1v) is 14.5. The molecule has 4 aromatic rings. The molecule has 3 aliphatic rings. The van der Waals surface area contributed by atoms with Gasteiger partial charge in [-0.05, 0) is 71.6 Å². The Hall–Kier alpha value is -4.18. The van der Waals surface area contributed by atoms with Crippen molar-refractivity contribution >= 4 is 11.9 Å². The highest BCUT2D eigenvalue weighted by molar-refractivity contribution is 5.99. The fourth-order valence-corrected chi connectivity index (χ4v) is 7.28. The van der Waals surface area contributed by atoms with Gasteiger partial charge in [0, 0.05) is 29.5 Å². The average Bonchev–Trinajstić information content (AvgIpc) is 3.33. The van der Waals surface area contributed by atoms with Crippen LogP contribution in [-0.2, 0) is 4.74 Å². The number of nitrogens with zero attached hydrogens (tertiary/aromatic N) is 1. The van der Waals surface area contributed by atoms with Crippen LogP contribution in [-0.4, -0.2) is 35.5 Å². The van der Waals surface area contributed by atoms with E-state index < -0.39 is 0 Å². The van der Waals surface area contributed by atoms with Crippen molar-refractivity contribution < 1.29 is 14.3 Å². The summed E-state index contributed by atoms with van der Waals surface area (Å²) in [7, 11) is 0. The molecule has 200 valence electrons.